The van der Waals surface area contributed by atoms with E-state index in [9.17, 15) is 13.2 Å². The predicted octanol–water partition coefficient (Wildman–Crippen LogP) is 3.64. The number of nitrogens with zero attached hydrogens (tertiary/aromatic N) is 2. The van der Waals surface area contributed by atoms with Gasteiger partial charge < -0.3 is 0 Å². The van der Waals surface area contributed by atoms with Crippen molar-refractivity contribution in [3.05, 3.63) is 30.0 Å². The van der Waals surface area contributed by atoms with Crippen molar-refractivity contribution in [1.82, 2.24) is 9.78 Å². The Labute approximate surface area is 90.7 Å². The highest BCUT2D eigenvalue weighted by atomic mass is 19.4. The molecule has 86 valence electrons. The molecule has 0 saturated heterocycles. The van der Waals surface area contributed by atoms with Gasteiger partial charge in [-0.15, -0.1) is 0 Å². The standard InChI is InChI=1S/C11H11F3N2/c1-7(2)16-6-8-4-3-5-9(10(8)15-16)11(12,13)14/h3-7H,1-2H3. The van der Waals surface area contributed by atoms with Gasteiger partial charge in [0.05, 0.1) is 5.56 Å². The van der Waals surface area contributed by atoms with Gasteiger partial charge in [-0.3, -0.25) is 4.68 Å². The molecule has 0 bridgehead atoms. The smallest absolute Gasteiger partial charge is 0.269 e. The van der Waals surface area contributed by atoms with Crippen LogP contribution in [0.25, 0.3) is 10.9 Å². The monoisotopic (exact) mass is 228 g/mol. The van der Waals surface area contributed by atoms with Crippen LogP contribution >= 0.6 is 0 Å². The Balaban J connectivity index is 2.68. The molecule has 0 aliphatic rings. The van der Waals surface area contributed by atoms with Crippen molar-refractivity contribution in [1.29, 1.82) is 0 Å². The lowest BCUT2D eigenvalue weighted by molar-refractivity contribution is -0.136. The summed E-state index contributed by atoms with van der Waals surface area (Å²) in [7, 11) is 0. The van der Waals surface area contributed by atoms with Gasteiger partial charge in [0.2, 0.25) is 0 Å². The van der Waals surface area contributed by atoms with Gasteiger partial charge in [0.15, 0.2) is 0 Å². The van der Waals surface area contributed by atoms with Gasteiger partial charge >= 0.3 is 6.18 Å². The lowest BCUT2D eigenvalue weighted by Gasteiger charge is -2.06. The van der Waals surface area contributed by atoms with Crippen molar-refractivity contribution >= 4 is 10.9 Å². The number of hydrogen-bond donors (Lipinski definition) is 0. The molecule has 1 heterocycles. The number of hydrogen-bond acceptors (Lipinski definition) is 1. The zero-order valence-electron chi connectivity index (χ0n) is 8.92. The van der Waals surface area contributed by atoms with E-state index in [2.05, 4.69) is 5.10 Å². The summed E-state index contributed by atoms with van der Waals surface area (Å²) < 4.78 is 39.6. The molecule has 2 aromatic rings. The van der Waals surface area contributed by atoms with Crippen molar-refractivity contribution in [2.75, 3.05) is 0 Å². The summed E-state index contributed by atoms with van der Waals surface area (Å²) in [4.78, 5) is 0. The number of benzene rings is 1. The molecule has 0 unspecified atom stereocenters. The third-order valence-electron chi connectivity index (χ3n) is 2.39. The maximum atomic E-state index is 12.7. The zero-order valence-corrected chi connectivity index (χ0v) is 8.92. The van der Waals surface area contributed by atoms with E-state index in [-0.39, 0.29) is 11.6 Å². The predicted molar refractivity (Wildman–Crippen MR) is 55.1 cm³/mol. The summed E-state index contributed by atoms with van der Waals surface area (Å²) in [6.45, 7) is 3.75. The Morgan fingerprint density at radius 3 is 2.50 bits per heavy atom. The Morgan fingerprint density at radius 2 is 1.94 bits per heavy atom. The summed E-state index contributed by atoms with van der Waals surface area (Å²) >= 11 is 0. The fourth-order valence-corrected chi connectivity index (χ4v) is 1.56. The molecule has 5 heteroatoms. The lowest BCUT2D eigenvalue weighted by Crippen LogP contribution is -2.06. The molecule has 0 fully saturated rings. The van der Waals surface area contributed by atoms with Crippen LogP contribution in [0.15, 0.2) is 24.4 Å². The average Bonchev–Trinajstić information content (AvgIpc) is 2.58. The van der Waals surface area contributed by atoms with E-state index in [0.29, 0.717) is 5.39 Å². The minimum atomic E-state index is -4.35. The molecule has 16 heavy (non-hydrogen) atoms. The van der Waals surface area contributed by atoms with E-state index in [0.717, 1.165) is 6.07 Å². The molecule has 1 aromatic carbocycles. The van der Waals surface area contributed by atoms with Crippen LogP contribution < -0.4 is 0 Å². The fourth-order valence-electron chi connectivity index (χ4n) is 1.56. The summed E-state index contributed by atoms with van der Waals surface area (Å²) in [5.74, 6) is 0. The van der Waals surface area contributed by atoms with E-state index in [1.165, 1.54) is 6.07 Å². The van der Waals surface area contributed by atoms with Crippen LogP contribution in [0.3, 0.4) is 0 Å². The van der Waals surface area contributed by atoms with Crippen LogP contribution in [0, 0.1) is 0 Å². The van der Waals surface area contributed by atoms with E-state index in [1.807, 2.05) is 13.8 Å². The van der Waals surface area contributed by atoms with Crippen LogP contribution in [-0.4, -0.2) is 9.78 Å². The van der Waals surface area contributed by atoms with Crippen LogP contribution in [-0.2, 0) is 6.18 Å². The quantitative estimate of drug-likeness (QED) is 0.728. The fraction of sp³-hybridized carbons (Fsp3) is 0.364. The van der Waals surface area contributed by atoms with Crippen molar-refractivity contribution in [2.24, 2.45) is 0 Å². The maximum Gasteiger partial charge on any atom is 0.418 e. The van der Waals surface area contributed by atoms with Gasteiger partial charge in [0, 0.05) is 17.6 Å². The Bertz CT molecular complexity index is 511. The molecule has 2 nitrogen and oxygen atoms in total. The minimum Gasteiger partial charge on any atom is -0.269 e. The SMILES string of the molecule is CC(C)n1cc2cccc(C(F)(F)F)c2n1. The highest BCUT2D eigenvalue weighted by Gasteiger charge is 2.33. The van der Waals surface area contributed by atoms with Crippen molar-refractivity contribution in [2.45, 2.75) is 26.1 Å². The average molecular weight is 228 g/mol. The zero-order chi connectivity index (χ0) is 11.9. The van der Waals surface area contributed by atoms with E-state index < -0.39 is 11.7 Å². The van der Waals surface area contributed by atoms with Crippen LogP contribution in [0.2, 0.25) is 0 Å². The third-order valence-corrected chi connectivity index (χ3v) is 2.39. The van der Waals surface area contributed by atoms with Gasteiger partial charge in [0.25, 0.3) is 0 Å². The first-order chi connectivity index (χ1) is 7.39. The number of rotatable bonds is 1. The molecular formula is C11H11F3N2. The van der Waals surface area contributed by atoms with Crippen LogP contribution in [0.4, 0.5) is 13.2 Å². The van der Waals surface area contributed by atoms with Crippen molar-refractivity contribution in [3.63, 3.8) is 0 Å². The second kappa shape index (κ2) is 3.50. The van der Waals surface area contributed by atoms with E-state index >= 15 is 0 Å². The van der Waals surface area contributed by atoms with Crippen molar-refractivity contribution < 1.29 is 13.2 Å². The van der Waals surface area contributed by atoms with Gasteiger partial charge in [-0.05, 0) is 19.9 Å². The van der Waals surface area contributed by atoms with Gasteiger partial charge in [-0.25, -0.2) is 0 Å². The number of alkyl halides is 3. The topological polar surface area (TPSA) is 17.8 Å². The Morgan fingerprint density at radius 1 is 1.25 bits per heavy atom. The number of fused-ring (bicyclic) bond motifs is 1. The molecule has 0 atom stereocenters. The maximum absolute atomic E-state index is 12.7. The molecular weight excluding hydrogens is 217 g/mol. The lowest BCUT2D eigenvalue weighted by atomic mass is 10.1. The highest BCUT2D eigenvalue weighted by molar-refractivity contribution is 5.81. The third kappa shape index (κ3) is 1.77. The first kappa shape index (κ1) is 11.0. The first-order valence-electron chi connectivity index (χ1n) is 4.94. The summed E-state index contributed by atoms with van der Waals surface area (Å²) in [6.07, 6.45) is -2.72. The Hall–Kier alpha value is -1.52. The van der Waals surface area contributed by atoms with E-state index in [4.69, 9.17) is 0 Å². The molecule has 0 aliphatic heterocycles. The second-order valence-electron chi connectivity index (χ2n) is 3.94. The van der Waals surface area contributed by atoms with Gasteiger partial charge in [-0.2, -0.15) is 18.3 Å². The van der Waals surface area contributed by atoms with Crippen molar-refractivity contribution in [3.8, 4) is 0 Å². The molecule has 0 N–H and O–H groups in total. The molecule has 0 amide bonds. The second-order valence-corrected chi connectivity index (χ2v) is 3.94. The van der Waals surface area contributed by atoms with Gasteiger partial charge in [-0.1, -0.05) is 12.1 Å². The van der Waals surface area contributed by atoms with Crippen LogP contribution in [0.5, 0.6) is 0 Å². The summed E-state index contributed by atoms with van der Waals surface area (Å²) in [6, 6.07) is 4.14. The first-order valence-corrected chi connectivity index (χ1v) is 4.94. The summed E-state index contributed by atoms with van der Waals surface area (Å²) in [5.41, 5.74) is -0.659. The minimum absolute atomic E-state index is 0.0173. The summed E-state index contributed by atoms with van der Waals surface area (Å²) in [5, 5.41) is 4.49. The van der Waals surface area contributed by atoms with E-state index in [1.54, 1.807) is 16.9 Å². The largest absolute Gasteiger partial charge is 0.418 e. The molecule has 2 rings (SSSR count). The molecule has 1 aromatic heterocycles. The number of halogens is 3. The molecule has 0 aliphatic carbocycles. The number of aromatic nitrogens is 2. The highest BCUT2D eigenvalue weighted by Crippen LogP contribution is 2.34. The molecule has 0 saturated carbocycles. The van der Waals surface area contributed by atoms with Crippen LogP contribution in [0.1, 0.15) is 25.5 Å². The molecule has 0 radical (unpaired) electrons. The molecule has 0 spiro atoms. The Kier molecular flexibility index (Phi) is 2.40. The normalized spacial score (nSPS) is 12.6. The van der Waals surface area contributed by atoms with Gasteiger partial charge in [0.1, 0.15) is 5.52 Å².